The SMILES string of the molecule is C[CH]CCn1cnc(-c2cccnc2)c1. The van der Waals surface area contributed by atoms with E-state index in [0.717, 1.165) is 24.2 Å². The van der Waals surface area contributed by atoms with Gasteiger partial charge in [0.25, 0.3) is 0 Å². The maximum absolute atomic E-state index is 4.35. The van der Waals surface area contributed by atoms with E-state index in [1.165, 1.54) is 0 Å². The molecule has 2 aromatic rings. The van der Waals surface area contributed by atoms with Gasteiger partial charge in [-0.05, 0) is 25.0 Å². The molecule has 0 saturated carbocycles. The van der Waals surface area contributed by atoms with Crippen LogP contribution in [0.2, 0.25) is 0 Å². The molecule has 2 heterocycles. The first kappa shape index (κ1) is 9.90. The third kappa shape index (κ3) is 2.43. The van der Waals surface area contributed by atoms with Crippen molar-refractivity contribution >= 4 is 0 Å². The van der Waals surface area contributed by atoms with E-state index >= 15 is 0 Å². The number of aromatic nitrogens is 3. The van der Waals surface area contributed by atoms with E-state index < -0.39 is 0 Å². The summed E-state index contributed by atoms with van der Waals surface area (Å²) in [5.41, 5.74) is 2.05. The molecule has 77 valence electrons. The van der Waals surface area contributed by atoms with Gasteiger partial charge in [0.15, 0.2) is 0 Å². The lowest BCUT2D eigenvalue weighted by Crippen LogP contribution is -1.92. The molecule has 0 saturated heterocycles. The Balaban J connectivity index is 2.14. The molecule has 3 nitrogen and oxygen atoms in total. The van der Waals surface area contributed by atoms with E-state index in [0.29, 0.717) is 0 Å². The second-order valence-corrected chi connectivity index (χ2v) is 3.44. The molecule has 3 heteroatoms. The van der Waals surface area contributed by atoms with Gasteiger partial charge in [-0.25, -0.2) is 4.98 Å². The zero-order valence-corrected chi connectivity index (χ0v) is 8.80. The summed E-state index contributed by atoms with van der Waals surface area (Å²) in [5.74, 6) is 0. The summed E-state index contributed by atoms with van der Waals surface area (Å²) in [7, 11) is 0. The Kier molecular flexibility index (Phi) is 3.12. The van der Waals surface area contributed by atoms with Crippen molar-refractivity contribution in [2.75, 3.05) is 0 Å². The molecule has 0 aliphatic rings. The second-order valence-electron chi connectivity index (χ2n) is 3.44. The Morgan fingerprint density at radius 2 is 2.40 bits per heavy atom. The molecule has 0 fully saturated rings. The Bertz CT molecular complexity index is 406. The van der Waals surface area contributed by atoms with E-state index in [9.17, 15) is 0 Å². The van der Waals surface area contributed by atoms with Crippen molar-refractivity contribution < 1.29 is 0 Å². The molecular formula is C12H14N3. The van der Waals surface area contributed by atoms with Gasteiger partial charge in [0.1, 0.15) is 0 Å². The van der Waals surface area contributed by atoms with Gasteiger partial charge in [0, 0.05) is 30.7 Å². The minimum atomic E-state index is 0.985. The van der Waals surface area contributed by atoms with Gasteiger partial charge in [-0.15, -0.1) is 0 Å². The average molecular weight is 200 g/mol. The van der Waals surface area contributed by atoms with Crippen LogP contribution in [0.3, 0.4) is 0 Å². The second kappa shape index (κ2) is 4.73. The topological polar surface area (TPSA) is 30.7 Å². The maximum Gasteiger partial charge on any atom is 0.0953 e. The summed E-state index contributed by atoms with van der Waals surface area (Å²) in [4.78, 5) is 8.43. The lowest BCUT2D eigenvalue weighted by atomic mass is 10.2. The molecule has 0 N–H and O–H groups in total. The fraction of sp³-hybridized carbons (Fsp3) is 0.250. The summed E-state index contributed by atoms with van der Waals surface area (Å²) in [6, 6.07) is 3.94. The van der Waals surface area contributed by atoms with Crippen molar-refractivity contribution in [1.82, 2.24) is 14.5 Å². The number of imidazole rings is 1. The molecule has 0 amide bonds. The highest BCUT2D eigenvalue weighted by molar-refractivity contribution is 5.56. The van der Waals surface area contributed by atoms with Crippen molar-refractivity contribution in [3.05, 3.63) is 43.5 Å². The first-order chi connectivity index (χ1) is 7.40. The molecule has 2 aromatic heterocycles. The minimum Gasteiger partial charge on any atom is -0.337 e. The summed E-state index contributed by atoms with van der Waals surface area (Å²) < 4.78 is 2.10. The fourth-order valence-corrected chi connectivity index (χ4v) is 1.42. The fourth-order valence-electron chi connectivity index (χ4n) is 1.42. The van der Waals surface area contributed by atoms with E-state index in [4.69, 9.17) is 0 Å². The largest absolute Gasteiger partial charge is 0.337 e. The lowest BCUT2D eigenvalue weighted by molar-refractivity contribution is 0.688. The molecule has 15 heavy (non-hydrogen) atoms. The highest BCUT2D eigenvalue weighted by Gasteiger charge is 2.00. The van der Waals surface area contributed by atoms with Gasteiger partial charge < -0.3 is 4.57 Å². The van der Waals surface area contributed by atoms with E-state index in [1.807, 2.05) is 24.7 Å². The standard InChI is InChI=1S/C12H14N3/c1-2-3-7-15-9-12(14-10-15)11-5-4-6-13-8-11/h2,4-6,8-10H,3,7H2,1H3. The summed E-state index contributed by atoms with van der Waals surface area (Å²) in [5, 5.41) is 0. The number of hydrogen-bond acceptors (Lipinski definition) is 2. The van der Waals surface area contributed by atoms with Crippen LogP contribution >= 0.6 is 0 Å². The molecule has 1 radical (unpaired) electrons. The Hall–Kier alpha value is -1.64. The van der Waals surface area contributed by atoms with Crippen LogP contribution in [-0.2, 0) is 6.54 Å². The first-order valence-electron chi connectivity index (χ1n) is 5.10. The highest BCUT2D eigenvalue weighted by Crippen LogP contribution is 2.14. The summed E-state index contributed by atoms with van der Waals surface area (Å²) in [6.07, 6.45) is 10.8. The van der Waals surface area contributed by atoms with Crippen molar-refractivity contribution in [2.45, 2.75) is 19.9 Å². The molecule has 0 unspecified atom stereocenters. The normalized spacial score (nSPS) is 10.5. The zero-order chi connectivity index (χ0) is 10.5. The van der Waals surface area contributed by atoms with Crippen LogP contribution in [0, 0.1) is 6.42 Å². The van der Waals surface area contributed by atoms with Gasteiger partial charge in [0.2, 0.25) is 0 Å². The van der Waals surface area contributed by atoms with Crippen LogP contribution in [0.25, 0.3) is 11.3 Å². The van der Waals surface area contributed by atoms with Gasteiger partial charge in [0.05, 0.1) is 12.0 Å². The third-order valence-corrected chi connectivity index (χ3v) is 2.27. The number of rotatable bonds is 4. The maximum atomic E-state index is 4.35. The van der Waals surface area contributed by atoms with E-state index in [-0.39, 0.29) is 0 Å². The Labute approximate surface area is 89.8 Å². The zero-order valence-electron chi connectivity index (χ0n) is 8.80. The smallest absolute Gasteiger partial charge is 0.0953 e. The van der Waals surface area contributed by atoms with Gasteiger partial charge in [-0.1, -0.05) is 6.92 Å². The first-order valence-corrected chi connectivity index (χ1v) is 5.10. The Morgan fingerprint density at radius 3 is 3.13 bits per heavy atom. The molecule has 2 rings (SSSR count). The predicted octanol–water partition coefficient (Wildman–Crippen LogP) is 2.56. The third-order valence-electron chi connectivity index (χ3n) is 2.27. The summed E-state index contributed by atoms with van der Waals surface area (Å²) in [6.45, 7) is 3.06. The number of aryl methyl sites for hydroxylation is 1. The number of hydrogen-bond donors (Lipinski definition) is 0. The quantitative estimate of drug-likeness (QED) is 0.759. The number of nitrogens with zero attached hydrogens (tertiary/aromatic N) is 3. The predicted molar refractivity (Wildman–Crippen MR) is 60.0 cm³/mol. The summed E-state index contributed by atoms with van der Waals surface area (Å²) >= 11 is 0. The highest BCUT2D eigenvalue weighted by atomic mass is 15.0. The van der Waals surface area contributed by atoms with Crippen molar-refractivity contribution in [3.8, 4) is 11.3 Å². The van der Waals surface area contributed by atoms with Gasteiger partial charge in [-0.2, -0.15) is 0 Å². The number of pyridine rings is 1. The molecule has 0 aliphatic heterocycles. The molecule has 0 aromatic carbocycles. The van der Waals surface area contributed by atoms with Crippen LogP contribution in [0.4, 0.5) is 0 Å². The van der Waals surface area contributed by atoms with E-state index in [1.54, 1.807) is 6.20 Å². The van der Waals surface area contributed by atoms with Crippen LogP contribution < -0.4 is 0 Å². The molecule has 0 bridgehead atoms. The monoisotopic (exact) mass is 200 g/mol. The van der Waals surface area contributed by atoms with Crippen LogP contribution in [-0.4, -0.2) is 14.5 Å². The molecule has 0 spiro atoms. The van der Waals surface area contributed by atoms with Gasteiger partial charge >= 0.3 is 0 Å². The van der Waals surface area contributed by atoms with Crippen molar-refractivity contribution in [2.24, 2.45) is 0 Å². The van der Waals surface area contributed by atoms with Crippen molar-refractivity contribution in [1.29, 1.82) is 0 Å². The Morgan fingerprint density at radius 1 is 1.47 bits per heavy atom. The minimum absolute atomic E-state index is 0.985. The van der Waals surface area contributed by atoms with Crippen LogP contribution in [0.1, 0.15) is 13.3 Å². The average Bonchev–Trinajstić information content (AvgIpc) is 2.76. The molecular weight excluding hydrogens is 186 g/mol. The number of unbranched alkanes of at least 4 members (excludes halogenated alkanes) is 1. The van der Waals surface area contributed by atoms with Gasteiger partial charge in [-0.3, -0.25) is 4.98 Å². The van der Waals surface area contributed by atoms with Crippen LogP contribution in [0.5, 0.6) is 0 Å². The van der Waals surface area contributed by atoms with Crippen LogP contribution in [0.15, 0.2) is 37.1 Å². The molecule has 0 aliphatic carbocycles. The van der Waals surface area contributed by atoms with Crippen molar-refractivity contribution in [3.63, 3.8) is 0 Å². The van der Waals surface area contributed by atoms with E-state index in [2.05, 4.69) is 34.1 Å². The lowest BCUT2D eigenvalue weighted by Gasteiger charge is -1.97. The molecule has 0 atom stereocenters.